The lowest BCUT2D eigenvalue weighted by Gasteiger charge is -2.25. The van der Waals surface area contributed by atoms with E-state index in [-0.39, 0.29) is 60.5 Å². The second kappa shape index (κ2) is 7.79. The van der Waals surface area contributed by atoms with Crippen LogP contribution in [0.2, 0.25) is 5.02 Å². The van der Waals surface area contributed by atoms with Gasteiger partial charge in [0.25, 0.3) is 5.91 Å². The van der Waals surface area contributed by atoms with Gasteiger partial charge in [-0.1, -0.05) is 24.2 Å². The average Bonchev–Trinajstić information content (AvgIpc) is 3.36. The van der Waals surface area contributed by atoms with Crippen molar-refractivity contribution in [3.05, 3.63) is 58.9 Å². The molecule has 1 amide bonds. The van der Waals surface area contributed by atoms with Crippen LogP contribution in [-0.2, 0) is 18.4 Å². The van der Waals surface area contributed by atoms with Crippen LogP contribution in [0.15, 0.2) is 30.9 Å². The Bertz CT molecular complexity index is 1590. The Morgan fingerprint density at radius 3 is 2.82 bits per heavy atom. The number of rotatable bonds is 2. The van der Waals surface area contributed by atoms with Gasteiger partial charge < -0.3 is 15.1 Å². The molecule has 2 aromatic carbocycles. The standard InChI is InChI=1S/C22H13ClF2N6O2S/c1-3-15(32)31-8-14-28-29-22(30(14)2)10-6-13(25)17(18(23)19(10)33-31)9-4-5-12(24)20-16(9)11(7-26)21(27)34-20/h3-6H,1,8,27H2,2H3. The lowest BCUT2D eigenvalue weighted by Crippen LogP contribution is -2.34. The third-order valence-electron chi connectivity index (χ3n) is 5.49. The number of hydrogen-bond donors (Lipinski definition) is 1. The molecule has 1 aliphatic heterocycles. The summed E-state index contributed by atoms with van der Waals surface area (Å²) < 4.78 is 31.8. The molecule has 4 aromatic rings. The number of nitriles is 1. The van der Waals surface area contributed by atoms with Crippen LogP contribution in [0.5, 0.6) is 5.75 Å². The largest absolute Gasteiger partial charge is 0.389 e. The number of hydroxylamine groups is 2. The van der Waals surface area contributed by atoms with Crippen LogP contribution < -0.4 is 10.6 Å². The molecule has 2 bridgehead atoms. The van der Waals surface area contributed by atoms with Crippen LogP contribution >= 0.6 is 22.9 Å². The first-order valence-corrected chi connectivity index (χ1v) is 10.9. The quantitative estimate of drug-likeness (QED) is 0.405. The molecule has 0 atom stereocenters. The van der Waals surface area contributed by atoms with Gasteiger partial charge in [0.1, 0.15) is 29.2 Å². The molecular weight excluding hydrogens is 486 g/mol. The highest BCUT2D eigenvalue weighted by Gasteiger charge is 2.31. The minimum Gasteiger partial charge on any atom is -0.389 e. The van der Waals surface area contributed by atoms with E-state index in [1.54, 1.807) is 11.6 Å². The van der Waals surface area contributed by atoms with Gasteiger partial charge >= 0.3 is 0 Å². The molecule has 2 N–H and O–H groups in total. The number of aromatic nitrogens is 3. The van der Waals surface area contributed by atoms with E-state index in [0.717, 1.165) is 34.6 Å². The Labute approximate surface area is 200 Å². The lowest BCUT2D eigenvalue weighted by molar-refractivity contribution is -0.154. The zero-order valence-corrected chi connectivity index (χ0v) is 19.0. The summed E-state index contributed by atoms with van der Waals surface area (Å²) >= 11 is 7.57. The van der Waals surface area contributed by atoms with Gasteiger partial charge in [-0.3, -0.25) is 4.79 Å². The summed E-state index contributed by atoms with van der Waals surface area (Å²) in [5, 5.41) is 18.7. The smallest absolute Gasteiger partial charge is 0.279 e. The van der Waals surface area contributed by atoms with Crippen LogP contribution in [0.4, 0.5) is 13.8 Å². The van der Waals surface area contributed by atoms with E-state index in [2.05, 4.69) is 16.8 Å². The number of nitrogen functional groups attached to an aromatic ring is 1. The fourth-order valence-electron chi connectivity index (χ4n) is 3.84. The zero-order valence-electron chi connectivity index (χ0n) is 17.4. The summed E-state index contributed by atoms with van der Waals surface area (Å²) in [5.74, 6) is -1.37. The van der Waals surface area contributed by atoms with Crippen molar-refractivity contribution < 1.29 is 18.4 Å². The second-order valence-electron chi connectivity index (χ2n) is 7.35. The van der Waals surface area contributed by atoms with E-state index in [4.69, 9.17) is 22.2 Å². The number of nitrogens with two attached hydrogens (primary N) is 1. The van der Waals surface area contributed by atoms with Crippen molar-refractivity contribution in [3.63, 3.8) is 0 Å². The van der Waals surface area contributed by atoms with Crippen LogP contribution in [0.25, 0.3) is 32.6 Å². The SMILES string of the molecule is C=CC(=O)N1Cc2nnc(n2C)-c2cc(F)c(-c3ccc(F)c4sc(N)c(C#N)c34)c(Cl)c2O1. The molecule has 0 aliphatic carbocycles. The fraction of sp³-hybridized carbons (Fsp3) is 0.0909. The van der Waals surface area contributed by atoms with Crippen LogP contribution in [0, 0.1) is 23.0 Å². The molecule has 0 fully saturated rings. The Morgan fingerprint density at radius 1 is 1.35 bits per heavy atom. The van der Waals surface area contributed by atoms with E-state index in [1.807, 2.05) is 6.07 Å². The number of amides is 1. The predicted molar refractivity (Wildman–Crippen MR) is 123 cm³/mol. The molecule has 3 heterocycles. The first-order chi connectivity index (χ1) is 16.3. The number of halogens is 3. The number of anilines is 1. The molecule has 170 valence electrons. The topological polar surface area (TPSA) is 110 Å². The zero-order chi connectivity index (χ0) is 24.3. The van der Waals surface area contributed by atoms with Gasteiger partial charge in [0.05, 0.1) is 20.8 Å². The number of fused-ring (bicyclic) bond motifs is 5. The van der Waals surface area contributed by atoms with E-state index in [1.165, 1.54) is 6.07 Å². The number of thiophene rings is 1. The van der Waals surface area contributed by atoms with Crippen molar-refractivity contribution in [2.24, 2.45) is 7.05 Å². The number of hydrogen-bond acceptors (Lipinski definition) is 7. The van der Waals surface area contributed by atoms with Crippen molar-refractivity contribution in [1.82, 2.24) is 19.8 Å². The number of benzene rings is 2. The molecule has 0 spiro atoms. The van der Waals surface area contributed by atoms with Gasteiger partial charge in [0.15, 0.2) is 17.4 Å². The lowest BCUT2D eigenvalue weighted by atomic mass is 9.96. The van der Waals surface area contributed by atoms with E-state index < -0.39 is 17.5 Å². The summed E-state index contributed by atoms with van der Waals surface area (Å²) in [6, 6.07) is 5.55. The van der Waals surface area contributed by atoms with Crippen LogP contribution in [0.3, 0.4) is 0 Å². The highest BCUT2D eigenvalue weighted by molar-refractivity contribution is 7.23. The van der Waals surface area contributed by atoms with E-state index in [9.17, 15) is 14.4 Å². The summed E-state index contributed by atoms with van der Waals surface area (Å²) in [7, 11) is 1.66. The van der Waals surface area contributed by atoms with Crippen molar-refractivity contribution in [2.75, 3.05) is 5.73 Å². The molecule has 2 aromatic heterocycles. The molecule has 1 aliphatic rings. The Balaban J connectivity index is 1.85. The van der Waals surface area contributed by atoms with Crippen molar-refractivity contribution in [2.45, 2.75) is 6.54 Å². The van der Waals surface area contributed by atoms with E-state index in [0.29, 0.717) is 5.82 Å². The average molecular weight is 499 g/mol. The summed E-state index contributed by atoms with van der Waals surface area (Å²) in [5.41, 5.74) is 6.09. The Hall–Kier alpha value is -4.01. The highest BCUT2D eigenvalue weighted by atomic mass is 35.5. The van der Waals surface area contributed by atoms with Crippen molar-refractivity contribution in [1.29, 1.82) is 5.26 Å². The summed E-state index contributed by atoms with van der Waals surface area (Å²) in [6.45, 7) is 3.40. The number of nitrogens with zero attached hydrogens (tertiary/aromatic N) is 5. The van der Waals surface area contributed by atoms with Crippen LogP contribution in [-0.4, -0.2) is 25.7 Å². The molecule has 8 nitrogen and oxygen atoms in total. The van der Waals surface area contributed by atoms with Gasteiger partial charge in [-0.05, 0) is 23.8 Å². The molecule has 0 unspecified atom stereocenters. The van der Waals surface area contributed by atoms with E-state index >= 15 is 4.39 Å². The molecule has 5 rings (SSSR count). The Morgan fingerprint density at radius 2 is 2.12 bits per heavy atom. The maximum Gasteiger partial charge on any atom is 0.279 e. The fourth-order valence-corrected chi connectivity index (χ4v) is 5.12. The Kier molecular flexibility index (Phi) is 5.00. The molecule has 12 heteroatoms. The number of carbonyl (C=O) groups excluding carboxylic acids is 1. The summed E-state index contributed by atoms with van der Waals surface area (Å²) in [6.07, 6.45) is 1.05. The number of carbonyl (C=O) groups is 1. The van der Waals surface area contributed by atoms with Gasteiger partial charge in [0, 0.05) is 18.0 Å². The van der Waals surface area contributed by atoms with Crippen LogP contribution in [0.1, 0.15) is 11.4 Å². The highest BCUT2D eigenvalue weighted by Crippen LogP contribution is 2.48. The first-order valence-electron chi connectivity index (χ1n) is 9.70. The monoisotopic (exact) mass is 498 g/mol. The van der Waals surface area contributed by atoms with Crippen molar-refractivity contribution >= 4 is 43.9 Å². The minimum absolute atomic E-state index is 0.0130. The molecule has 34 heavy (non-hydrogen) atoms. The third kappa shape index (κ3) is 3.03. The normalized spacial score (nSPS) is 12.5. The maximum atomic E-state index is 15.6. The first kappa shape index (κ1) is 21.8. The summed E-state index contributed by atoms with van der Waals surface area (Å²) in [4.78, 5) is 18.2. The molecular formula is C22H13ClF2N6O2S. The van der Waals surface area contributed by atoms with Gasteiger partial charge in [-0.2, -0.15) is 10.3 Å². The second-order valence-corrected chi connectivity index (χ2v) is 8.78. The van der Waals surface area contributed by atoms with Gasteiger partial charge in [-0.25, -0.2) is 8.78 Å². The molecule has 0 saturated heterocycles. The minimum atomic E-state index is -0.777. The maximum absolute atomic E-state index is 15.6. The van der Waals surface area contributed by atoms with Gasteiger partial charge in [-0.15, -0.1) is 21.5 Å². The van der Waals surface area contributed by atoms with Crippen molar-refractivity contribution in [3.8, 4) is 34.3 Å². The third-order valence-corrected chi connectivity index (χ3v) is 6.87. The molecule has 0 saturated carbocycles. The molecule has 0 radical (unpaired) electrons. The van der Waals surface area contributed by atoms with Gasteiger partial charge in [0.2, 0.25) is 0 Å². The predicted octanol–water partition coefficient (Wildman–Crippen LogP) is 4.57.